The molecule has 0 aliphatic rings. The van der Waals surface area contributed by atoms with Crippen LogP contribution in [0.1, 0.15) is 24.2 Å². The van der Waals surface area contributed by atoms with Gasteiger partial charge in [-0.25, -0.2) is 9.18 Å². The summed E-state index contributed by atoms with van der Waals surface area (Å²) < 4.78 is 18.1. The van der Waals surface area contributed by atoms with Crippen molar-refractivity contribution in [2.45, 2.75) is 25.6 Å². The van der Waals surface area contributed by atoms with Crippen LogP contribution in [0.2, 0.25) is 0 Å². The molecule has 0 aliphatic heterocycles. The normalized spacial score (nSPS) is 13.6. The zero-order valence-electron chi connectivity index (χ0n) is 10.7. The van der Waals surface area contributed by atoms with Crippen molar-refractivity contribution < 1.29 is 34.0 Å². The van der Waals surface area contributed by atoms with Crippen LogP contribution in [0, 0.1) is 5.82 Å². The Hall–Kier alpha value is -1.99. The van der Waals surface area contributed by atoms with Crippen LogP contribution in [-0.4, -0.2) is 40.0 Å². The Morgan fingerprint density at radius 1 is 1.35 bits per heavy atom. The van der Waals surface area contributed by atoms with E-state index in [0.717, 1.165) is 6.07 Å². The zero-order chi connectivity index (χ0) is 15.3. The number of carboxylic acid groups (broad SMARTS) is 1. The summed E-state index contributed by atoms with van der Waals surface area (Å²) in [4.78, 5) is 21.7. The van der Waals surface area contributed by atoms with Gasteiger partial charge < -0.3 is 20.1 Å². The lowest BCUT2D eigenvalue weighted by atomic mass is 10.0. The van der Waals surface area contributed by atoms with Gasteiger partial charge in [0, 0.05) is 0 Å². The molecular weight excluding hydrogens is 271 g/mol. The molecule has 3 N–H and O–H groups in total. The smallest absolute Gasteiger partial charge is 0.338 e. The summed E-state index contributed by atoms with van der Waals surface area (Å²) in [6.07, 6.45) is -3.98. The zero-order valence-corrected chi connectivity index (χ0v) is 10.7. The molecule has 0 spiro atoms. The first-order chi connectivity index (χ1) is 9.36. The minimum atomic E-state index is -1.83. The van der Waals surface area contributed by atoms with E-state index in [4.69, 9.17) is 5.11 Å². The van der Waals surface area contributed by atoms with E-state index in [9.17, 15) is 24.2 Å². The first-order valence-electron chi connectivity index (χ1n) is 5.89. The van der Waals surface area contributed by atoms with Crippen molar-refractivity contribution in [1.29, 1.82) is 0 Å². The number of carbonyl (C=O) groups is 2. The molecule has 0 radical (unpaired) electrons. The van der Waals surface area contributed by atoms with Crippen molar-refractivity contribution in [3.63, 3.8) is 0 Å². The molecular formula is C13H15FO6. The maximum absolute atomic E-state index is 13.6. The molecule has 110 valence electrons. The first-order valence-corrected chi connectivity index (χ1v) is 5.89. The fourth-order valence-electron chi connectivity index (χ4n) is 1.59. The first kappa shape index (κ1) is 16.1. The predicted molar refractivity (Wildman–Crippen MR) is 65.3 cm³/mol. The molecule has 0 heterocycles. The number of aliphatic carboxylic acids is 1. The van der Waals surface area contributed by atoms with Gasteiger partial charge in [0.05, 0.1) is 13.0 Å². The van der Waals surface area contributed by atoms with Crippen molar-refractivity contribution in [3.8, 4) is 0 Å². The van der Waals surface area contributed by atoms with E-state index in [1.165, 1.54) is 19.1 Å². The molecule has 0 fully saturated rings. The molecule has 0 aromatic heterocycles. The fourth-order valence-corrected chi connectivity index (χ4v) is 1.59. The van der Waals surface area contributed by atoms with E-state index < -0.39 is 36.4 Å². The molecule has 20 heavy (non-hydrogen) atoms. The lowest BCUT2D eigenvalue weighted by Gasteiger charge is -2.17. The Balaban J connectivity index is 2.89. The number of rotatable bonds is 6. The third-order valence-electron chi connectivity index (χ3n) is 2.59. The number of halogens is 1. The summed E-state index contributed by atoms with van der Waals surface area (Å²) in [5.41, 5.74) is -0.101. The summed E-state index contributed by atoms with van der Waals surface area (Å²) >= 11 is 0. The number of carboxylic acids is 1. The number of carbonyl (C=O) groups excluding carboxylic acids is 1. The van der Waals surface area contributed by atoms with E-state index in [2.05, 4.69) is 4.74 Å². The quantitative estimate of drug-likeness (QED) is 0.654. The van der Waals surface area contributed by atoms with Gasteiger partial charge in [-0.15, -0.1) is 0 Å². The van der Waals surface area contributed by atoms with Gasteiger partial charge in [0.15, 0.2) is 6.10 Å². The van der Waals surface area contributed by atoms with Crippen LogP contribution >= 0.6 is 0 Å². The second-order valence-corrected chi connectivity index (χ2v) is 4.06. The molecule has 0 saturated heterocycles. The van der Waals surface area contributed by atoms with Crippen LogP contribution < -0.4 is 0 Å². The molecule has 0 amide bonds. The standard InChI is InChI=1S/C13H15FO6/c1-2-20-13(19)12(18)11(17)8-4-3-7(6-10(15)16)9(14)5-8/h3-5,11-12,17-18H,2,6H2,1H3,(H,15,16). The van der Waals surface area contributed by atoms with Crippen molar-refractivity contribution in [3.05, 3.63) is 35.1 Å². The van der Waals surface area contributed by atoms with Crippen molar-refractivity contribution in [2.24, 2.45) is 0 Å². The largest absolute Gasteiger partial charge is 0.481 e. The number of esters is 1. The van der Waals surface area contributed by atoms with Gasteiger partial charge in [-0.1, -0.05) is 12.1 Å². The van der Waals surface area contributed by atoms with E-state index >= 15 is 0 Å². The molecule has 2 unspecified atom stereocenters. The van der Waals surface area contributed by atoms with Crippen LogP contribution in [0.15, 0.2) is 18.2 Å². The number of aliphatic hydroxyl groups excluding tert-OH is 2. The lowest BCUT2D eigenvalue weighted by molar-refractivity contribution is -0.159. The summed E-state index contributed by atoms with van der Waals surface area (Å²) in [7, 11) is 0. The van der Waals surface area contributed by atoms with Crippen LogP contribution in [0.3, 0.4) is 0 Å². The molecule has 0 saturated carbocycles. The molecule has 1 aromatic carbocycles. The van der Waals surface area contributed by atoms with E-state index in [0.29, 0.717) is 0 Å². The molecule has 1 aromatic rings. The van der Waals surface area contributed by atoms with E-state index in [-0.39, 0.29) is 17.7 Å². The maximum Gasteiger partial charge on any atom is 0.338 e. The second kappa shape index (κ2) is 6.97. The lowest BCUT2D eigenvalue weighted by Crippen LogP contribution is -2.30. The van der Waals surface area contributed by atoms with Gasteiger partial charge in [-0.05, 0) is 24.1 Å². The SMILES string of the molecule is CCOC(=O)C(O)C(O)c1ccc(CC(=O)O)c(F)c1. The number of aliphatic hydroxyl groups is 2. The highest BCUT2D eigenvalue weighted by Gasteiger charge is 2.27. The van der Waals surface area contributed by atoms with Crippen molar-refractivity contribution >= 4 is 11.9 Å². The maximum atomic E-state index is 13.6. The molecule has 7 heteroatoms. The van der Waals surface area contributed by atoms with Gasteiger partial charge in [0.25, 0.3) is 0 Å². The van der Waals surface area contributed by atoms with Crippen LogP contribution in [0.5, 0.6) is 0 Å². The van der Waals surface area contributed by atoms with E-state index in [1.54, 1.807) is 0 Å². The average Bonchev–Trinajstić information content (AvgIpc) is 2.39. The van der Waals surface area contributed by atoms with Gasteiger partial charge in [-0.3, -0.25) is 4.79 Å². The highest BCUT2D eigenvalue weighted by atomic mass is 19.1. The number of benzene rings is 1. The number of hydrogen-bond donors (Lipinski definition) is 3. The Kier molecular flexibility index (Phi) is 5.60. The Labute approximate surface area is 114 Å². The monoisotopic (exact) mass is 286 g/mol. The van der Waals surface area contributed by atoms with Crippen LogP contribution in [0.4, 0.5) is 4.39 Å². The summed E-state index contributed by atoms with van der Waals surface area (Å²) in [6.45, 7) is 1.58. The van der Waals surface area contributed by atoms with Crippen molar-refractivity contribution in [2.75, 3.05) is 6.61 Å². The fraction of sp³-hybridized carbons (Fsp3) is 0.385. The summed E-state index contributed by atoms with van der Waals surface area (Å²) in [5.74, 6) is -3.04. The van der Waals surface area contributed by atoms with Crippen molar-refractivity contribution in [1.82, 2.24) is 0 Å². The molecule has 0 bridgehead atoms. The van der Waals surface area contributed by atoms with Gasteiger partial charge in [-0.2, -0.15) is 0 Å². The Morgan fingerprint density at radius 3 is 2.50 bits per heavy atom. The van der Waals surface area contributed by atoms with E-state index in [1.807, 2.05) is 0 Å². The number of ether oxygens (including phenoxy) is 1. The molecule has 0 aliphatic carbocycles. The summed E-state index contributed by atoms with van der Waals surface area (Å²) in [6, 6.07) is 3.31. The van der Waals surface area contributed by atoms with Gasteiger partial charge in [0.1, 0.15) is 11.9 Å². The minimum Gasteiger partial charge on any atom is -0.481 e. The molecule has 2 atom stereocenters. The Morgan fingerprint density at radius 2 is 2.00 bits per heavy atom. The van der Waals surface area contributed by atoms with Crippen LogP contribution in [0.25, 0.3) is 0 Å². The second-order valence-electron chi connectivity index (χ2n) is 4.06. The van der Waals surface area contributed by atoms with Gasteiger partial charge >= 0.3 is 11.9 Å². The Bertz CT molecular complexity index is 502. The van der Waals surface area contributed by atoms with Gasteiger partial charge in [0.2, 0.25) is 0 Å². The number of hydrogen-bond acceptors (Lipinski definition) is 5. The molecule has 6 nitrogen and oxygen atoms in total. The topological polar surface area (TPSA) is 104 Å². The van der Waals surface area contributed by atoms with Crippen LogP contribution in [-0.2, 0) is 20.7 Å². The minimum absolute atomic E-state index is 0.0362. The third-order valence-corrected chi connectivity index (χ3v) is 2.59. The summed E-state index contributed by atoms with van der Waals surface area (Å²) in [5, 5.41) is 27.9. The highest BCUT2D eigenvalue weighted by Crippen LogP contribution is 2.21. The average molecular weight is 286 g/mol. The predicted octanol–water partition coefficient (Wildman–Crippen LogP) is 0.410. The molecule has 1 rings (SSSR count). The highest BCUT2D eigenvalue weighted by molar-refractivity contribution is 5.75. The third kappa shape index (κ3) is 4.01.